The number of thiocarbonyl (C=S) groups is 1. The third-order valence-electron chi connectivity index (χ3n) is 11.4. The van der Waals surface area contributed by atoms with Crippen molar-refractivity contribution in [3.05, 3.63) is 242 Å². The molecule has 0 spiro atoms. The second kappa shape index (κ2) is 21.2. The minimum Gasteiger partial charge on any atom is -0.347 e. The van der Waals surface area contributed by atoms with Gasteiger partial charge < -0.3 is 16.0 Å². The molecule has 69 heavy (non-hydrogen) atoms. The molecule has 0 bridgehead atoms. The number of nitro benzene ring substituents is 2. The minimum absolute atomic E-state index is 0.00383. The summed E-state index contributed by atoms with van der Waals surface area (Å²) in [5, 5.41) is 33.7. The molecule has 0 fully saturated rings. The van der Waals surface area contributed by atoms with Crippen molar-refractivity contribution in [3.63, 3.8) is 0 Å². The molecule has 0 saturated heterocycles. The molecule has 0 unspecified atom stereocenters. The molecule has 0 aliphatic rings. The van der Waals surface area contributed by atoms with Gasteiger partial charge in [0.15, 0.2) is 5.11 Å². The number of amides is 1. The van der Waals surface area contributed by atoms with Crippen molar-refractivity contribution in [1.29, 1.82) is 0 Å². The number of nitrogens with one attached hydrogen (secondary N) is 3. The molecular weight excluding hydrogens is 940 g/mol. The predicted octanol–water partition coefficient (Wildman–Crippen LogP) is 11.8. The van der Waals surface area contributed by atoms with E-state index in [1.165, 1.54) is 24.3 Å². The van der Waals surface area contributed by atoms with E-state index in [9.17, 15) is 46.6 Å². The summed E-state index contributed by atoms with van der Waals surface area (Å²) in [5.41, 5.74) is -2.18. The van der Waals surface area contributed by atoms with E-state index in [1.54, 1.807) is 54.6 Å². The smallest absolute Gasteiger partial charge is 0.347 e. The maximum atomic E-state index is 15.1. The number of carbonyl (C=O) groups excluding carboxylic acids is 1. The molecule has 3 N–H and O–H groups in total. The first kappa shape index (κ1) is 49.4. The molecule has 0 heterocycles. The molecule has 7 aromatic carbocycles. The van der Waals surface area contributed by atoms with Crippen molar-refractivity contribution in [1.82, 2.24) is 10.6 Å². The van der Waals surface area contributed by atoms with Crippen LogP contribution in [-0.2, 0) is 23.6 Å². The van der Waals surface area contributed by atoms with Crippen LogP contribution in [0.4, 0.5) is 43.4 Å². The fraction of sp³-hybridized carbons (Fsp3) is 0.137. The predicted molar refractivity (Wildman–Crippen MR) is 259 cm³/mol. The van der Waals surface area contributed by atoms with Crippen LogP contribution >= 0.6 is 19.5 Å². The first-order valence-corrected chi connectivity index (χ1v) is 23.6. The lowest BCUT2D eigenvalue weighted by molar-refractivity contribution is -0.385. The van der Waals surface area contributed by atoms with Crippen LogP contribution in [0.3, 0.4) is 0 Å². The Hall–Kier alpha value is -7.49. The van der Waals surface area contributed by atoms with Gasteiger partial charge in [0.25, 0.3) is 11.4 Å². The zero-order valence-electron chi connectivity index (χ0n) is 36.1. The summed E-state index contributed by atoms with van der Waals surface area (Å²) in [4.78, 5) is 38.0. The van der Waals surface area contributed by atoms with Crippen molar-refractivity contribution in [2.24, 2.45) is 0 Å². The van der Waals surface area contributed by atoms with E-state index in [0.717, 1.165) is 16.2 Å². The van der Waals surface area contributed by atoms with Crippen molar-refractivity contribution < 1.29 is 41.0 Å². The number of non-ortho nitro benzene ring substituents is 2. The van der Waals surface area contributed by atoms with Gasteiger partial charge in [-0.25, -0.2) is 0 Å². The summed E-state index contributed by atoms with van der Waals surface area (Å²) in [5.74, 6) is -0.646. The monoisotopic (exact) mass is 980 g/mol. The van der Waals surface area contributed by atoms with Crippen LogP contribution in [0.2, 0.25) is 0 Å². The average molecular weight is 981 g/mol. The first-order valence-electron chi connectivity index (χ1n) is 21.2. The van der Waals surface area contributed by atoms with E-state index >= 15 is 4.79 Å². The Labute approximate surface area is 398 Å². The fourth-order valence-electron chi connectivity index (χ4n) is 8.37. The highest BCUT2D eigenvalue weighted by Crippen LogP contribution is 2.70. The molecule has 1 amide bonds. The number of hydrogen-bond donors (Lipinski definition) is 3. The quantitative estimate of drug-likeness (QED) is 0.0286. The minimum atomic E-state index is -5.12. The van der Waals surface area contributed by atoms with E-state index in [-0.39, 0.29) is 30.0 Å². The van der Waals surface area contributed by atoms with E-state index < -0.39 is 75.0 Å². The van der Waals surface area contributed by atoms with E-state index in [2.05, 4.69) is 16.0 Å². The lowest BCUT2D eigenvalue weighted by atomic mass is 10.0. The molecule has 0 saturated carbocycles. The Morgan fingerprint density at radius 1 is 0.565 bits per heavy atom. The topological polar surface area (TPSA) is 139 Å². The van der Waals surface area contributed by atoms with Crippen LogP contribution in [0, 0.1) is 20.2 Å². The maximum Gasteiger partial charge on any atom is 0.416 e. The fourth-order valence-corrected chi connectivity index (χ4v) is 13.8. The number of nitrogens with zero attached hydrogens (tertiary/aromatic N) is 2. The van der Waals surface area contributed by atoms with Gasteiger partial charge in [0.1, 0.15) is 22.3 Å². The van der Waals surface area contributed by atoms with Crippen LogP contribution < -0.4 is 26.6 Å². The van der Waals surface area contributed by atoms with Gasteiger partial charge in [0, 0.05) is 30.0 Å². The van der Waals surface area contributed by atoms with Gasteiger partial charge in [-0.05, 0) is 108 Å². The third-order valence-corrected chi connectivity index (χ3v) is 16.6. The highest BCUT2D eigenvalue weighted by molar-refractivity contribution is 7.90. The Kier molecular flexibility index (Phi) is 15.2. The molecule has 7 aromatic rings. The summed E-state index contributed by atoms with van der Waals surface area (Å²) < 4.78 is 82.9. The number of nitro groups is 2. The highest BCUT2D eigenvalue weighted by Gasteiger charge is 2.53. The van der Waals surface area contributed by atoms with Crippen LogP contribution in [-0.4, -0.2) is 33.1 Å². The van der Waals surface area contributed by atoms with Crippen molar-refractivity contribution >= 4 is 58.2 Å². The Balaban J connectivity index is 1.37. The van der Waals surface area contributed by atoms with Crippen molar-refractivity contribution in [3.8, 4) is 0 Å². The number of carbonyl (C=O) groups is 1. The van der Waals surface area contributed by atoms with E-state index in [1.807, 2.05) is 91.0 Å². The average Bonchev–Trinajstić information content (AvgIpc) is 3.33. The molecule has 0 aliphatic heterocycles. The van der Waals surface area contributed by atoms with Gasteiger partial charge in [0.2, 0.25) is 5.91 Å². The molecule has 7 rings (SSSR count). The van der Waals surface area contributed by atoms with Gasteiger partial charge in [-0.3, -0.25) is 25.0 Å². The van der Waals surface area contributed by atoms with Crippen LogP contribution in [0.5, 0.6) is 0 Å². The normalized spacial score (nSPS) is 12.7. The van der Waals surface area contributed by atoms with Gasteiger partial charge in [0.05, 0.1) is 40.4 Å². The van der Waals surface area contributed by atoms with Crippen LogP contribution in [0.1, 0.15) is 45.1 Å². The summed E-state index contributed by atoms with van der Waals surface area (Å²) >= 11 is 5.49. The third kappa shape index (κ3) is 12.0. The number of benzene rings is 7. The second-order valence-electron chi connectivity index (χ2n) is 16.0. The lowest BCUT2D eigenvalue weighted by Crippen LogP contribution is -2.49. The molecule has 0 aromatic heterocycles. The zero-order valence-corrected chi connectivity index (χ0v) is 37.8. The molecular formula is C51H41F6N5O5PS+. The zero-order chi connectivity index (χ0) is 49.3. The van der Waals surface area contributed by atoms with E-state index in [0.29, 0.717) is 28.8 Å². The summed E-state index contributed by atoms with van der Waals surface area (Å²) in [6, 6.07) is 47.8. The van der Waals surface area contributed by atoms with Crippen LogP contribution in [0.25, 0.3) is 0 Å². The van der Waals surface area contributed by atoms with Gasteiger partial charge in [-0.15, -0.1) is 0 Å². The summed E-state index contributed by atoms with van der Waals surface area (Å²) in [6.45, 7) is 0. The first-order chi connectivity index (χ1) is 32.9. The van der Waals surface area contributed by atoms with Crippen LogP contribution in [0.15, 0.2) is 188 Å². The van der Waals surface area contributed by atoms with Crippen molar-refractivity contribution in [2.45, 2.75) is 36.5 Å². The number of anilines is 1. The number of alkyl halides is 6. The molecule has 0 aliphatic carbocycles. The molecule has 352 valence electrons. The summed E-state index contributed by atoms with van der Waals surface area (Å²) in [7, 11) is -3.09. The highest BCUT2D eigenvalue weighted by atomic mass is 32.1. The van der Waals surface area contributed by atoms with Crippen molar-refractivity contribution in [2.75, 3.05) is 11.5 Å². The van der Waals surface area contributed by atoms with Gasteiger partial charge in [-0.2, -0.15) is 26.3 Å². The number of rotatable bonds is 16. The molecule has 2 atom stereocenters. The number of halogens is 6. The Morgan fingerprint density at radius 2 is 0.986 bits per heavy atom. The SMILES string of the molecule is O=C(N[C@@H](Cc1ccccc1)C[P+](c1ccccc1)(c1ccccc1)C(c1ccc([N+](=O)[O-])cc1)c1ccc([N+](=O)[O-])cc1)[C@@H](NC(=S)Nc1cc(C(F)(F)F)cc(C(F)(F)F)c1)c1ccccc1. The number of hydrogen-bond acceptors (Lipinski definition) is 6. The van der Waals surface area contributed by atoms with Gasteiger partial charge in [-0.1, -0.05) is 97.1 Å². The lowest BCUT2D eigenvalue weighted by Gasteiger charge is -2.38. The Bertz CT molecular complexity index is 2770. The van der Waals surface area contributed by atoms with E-state index in [4.69, 9.17) is 12.2 Å². The summed E-state index contributed by atoms with van der Waals surface area (Å²) in [6.07, 6.45) is -9.79. The van der Waals surface area contributed by atoms with Gasteiger partial charge >= 0.3 is 12.4 Å². The second-order valence-corrected chi connectivity index (χ2v) is 20.0. The standard InChI is InChI=1S/C51H40F6N5O5PS/c52-50(53,54)38-30-39(51(55,56)57)32-40(31-38)59-49(69)60-46(35-15-7-2-8-16-35)48(63)58-41(29-34-13-5-1-6-14-34)33-68(44-17-9-3-10-18-44,45-19-11-4-12-20-45)47(36-21-25-42(26-22-36)61(64)65)37-23-27-43(28-24-37)62(66)67/h1-28,30-32,41,46-47H,29,33H2,(H2-,58,59,60,63,69)/p+1/t41-,46-/m0/s1. The molecule has 18 heteroatoms. The molecule has 10 nitrogen and oxygen atoms in total. The Morgan fingerprint density at radius 3 is 1.41 bits per heavy atom. The molecule has 0 radical (unpaired) electrons. The maximum absolute atomic E-state index is 15.1. The largest absolute Gasteiger partial charge is 0.416 e.